The van der Waals surface area contributed by atoms with Crippen LogP contribution < -0.4 is 5.32 Å². The van der Waals surface area contributed by atoms with E-state index in [4.69, 9.17) is 0 Å². The minimum atomic E-state index is -0.00500. The van der Waals surface area contributed by atoms with Gasteiger partial charge in [-0.05, 0) is 49.1 Å². The molecule has 20 heavy (non-hydrogen) atoms. The molecule has 5 heteroatoms. The number of amides is 1. The number of aromatic nitrogens is 2. The molecule has 1 saturated carbocycles. The zero-order valence-corrected chi connectivity index (χ0v) is 12.9. The van der Waals surface area contributed by atoms with Crippen LogP contribution in [0.2, 0.25) is 0 Å². The third-order valence-corrected chi connectivity index (χ3v) is 4.99. The van der Waals surface area contributed by atoms with Crippen LogP contribution in [0.15, 0.2) is 16.8 Å². The summed E-state index contributed by atoms with van der Waals surface area (Å²) in [5.74, 6) is -0.00500. The largest absolute Gasteiger partial charge is 0.351 e. The van der Waals surface area contributed by atoms with Crippen molar-refractivity contribution in [1.82, 2.24) is 15.1 Å². The van der Waals surface area contributed by atoms with Crippen molar-refractivity contribution in [3.8, 4) is 0 Å². The smallest absolute Gasteiger partial charge is 0.255 e. The van der Waals surface area contributed by atoms with E-state index in [0.717, 1.165) is 30.8 Å². The second kappa shape index (κ2) is 4.74. The fraction of sp³-hybridized carbons (Fsp3) is 0.467. The summed E-state index contributed by atoms with van der Waals surface area (Å²) >= 11 is 1.72. The minimum absolute atomic E-state index is 0.00500. The third kappa shape index (κ3) is 2.16. The summed E-state index contributed by atoms with van der Waals surface area (Å²) in [4.78, 5) is 12.4. The summed E-state index contributed by atoms with van der Waals surface area (Å²) in [6, 6.07) is 2.17. The molecule has 0 radical (unpaired) electrons. The van der Waals surface area contributed by atoms with E-state index in [1.807, 2.05) is 20.9 Å². The van der Waals surface area contributed by atoms with Gasteiger partial charge in [0.25, 0.3) is 5.91 Å². The Kier molecular flexibility index (Phi) is 3.17. The lowest BCUT2D eigenvalue weighted by Gasteiger charge is -2.15. The van der Waals surface area contributed by atoms with Crippen LogP contribution >= 0.6 is 11.3 Å². The Bertz CT molecular complexity index is 638. The molecule has 1 aliphatic carbocycles. The van der Waals surface area contributed by atoms with E-state index >= 15 is 0 Å². The summed E-state index contributed by atoms with van der Waals surface area (Å²) in [5.41, 5.74) is 3.97. The summed E-state index contributed by atoms with van der Waals surface area (Å²) in [6.07, 6.45) is 2.32. The van der Waals surface area contributed by atoms with Crippen molar-refractivity contribution in [2.24, 2.45) is 7.05 Å². The zero-order valence-electron chi connectivity index (χ0n) is 12.1. The predicted molar refractivity (Wildman–Crippen MR) is 80.2 cm³/mol. The van der Waals surface area contributed by atoms with Crippen LogP contribution in [0, 0.1) is 13.8 Å². The Hall–Kier alpha value is -1.62. The molecule has 3 rings (SSSR count). The average molecular weight is 289 g/mol. The van der Waals surface area contributed by atoms with Gasteiger partial charge in [-0.15, -0.1) is 0 Å². The van der Waals surface area contributed by atoms with Gasteiger partial charge in [-0.1, -0.05) is 0 Å². The van der Waals surface area contributed by atoms with Gasteiger partial charge in [0, 0.05) is 24.7 Å². The number of carbonyl (C=O) groups is 1. The molecule has 1 N–H and O–H groups in total. The van der Waals surface area contributed by atoms with Crippen LogP contribution in [0.1, 0.15) is 40.2 Å². The van der Waals surface area contributed by atoms with Crippen molar-refractivity contribution >= 4 is 17.2 Å². The highest BCUT2D eigenvalue weighted by molar-refractivity contribution is 7.08. The first-order valence-electron chi connectivity index (χ1n) is 6.84. The van der Waals surface area contributed by atoms with E-state index in [0.29, 0.717) is 5.56 Å². The van der Waals surface area contributed by atoms with Crippen molar-refractivity contribution in [3.05, 3.63) is 39.3 Å². The number of aryl methyl sites for hydroxylation is 2. The fourth-order valence-electron chi connectivity index (χ4n) is 2.72. The number of nitrogens with one attached hydrogen (secondary N) is 1. The van der Waals surface area contributed by atoms with Gasteiger partial charge in [0.1, 0.15) is 0 Å². The van der Waals surface area contributed by atoms with Crippen molar-refractivity contribution in [1.29, 1.82) is 0 Å². The Labute approximate surface area is 122 Å². The summed E-state index contributed by atoms with van der Waals surface area (Å²) in [5, 5.41) is 11.7. The van der Waals surface area contributed by atoms with Gasteiger partial charge in [-0.2, -0.15) is 16.4 Å². The number of hydrogen-bond donors (Lipinski definition) is 1. The molecule has 1 amide bonds. The average Bonchev–Trinajstić information content (AvgIpc) is 2.89. The second-order valence-electron chi connectivity index (χ2n) is 5.64. The molecule has 0 aliphatic heterocycles. The predicted octanol–water partition coefficient (Wildman–Crippen LogP) is 2.56. The molecular weight excluding hydrogens is 270 g/mol. The molecule has 106 valence electrons. The van der Waals surface area contributed by atoms with Gasteiger partial charge in [-0.25, -0.2) is 0 Å². The van der Waals surface area contributed by atoms with Crippen LogP contribution in [-0.2, 0) is 12.5 Å². The molecule has 2 heterocycles. The SMILES string of the molecule is Cc1nn(C)c(C)c1C(=O)NCC1(c2ccsc2)CC1. The van der Waals surface area contributed by atoms with E-state index in [1.54, 1.807) is 16.0 Å². The molecule has 0 atom stereocenters. The Morgan fingerprint density at radius 3 is 2.75 bits per heavy atom. The summed E-state index contributed by atoms with van der Waals surface area (Å²) in [6.45, 7) is 4.53. The lowest BCUT2D eigenvalue weighted by molar-refractivity contribution is 0.0948. The monoisotopic (exact) mass is 289 g/mol. The van der Waals surface area contributed by atoms with Crippen LogP contribution in [0.4, 0.5) is 0 Å². The first-order chi connectivity index (χ1) is 9.53. The quantitative estimate of drug-likeness (QED) is 0.940. The maximum atomic E-state index is 12.4. The standard InChI is InChI=1S/C15H19N3OS/c1-10-13(11(2)18(3)17-10)14(19)16-9-15(5-6-15)12-4-7-20-8-12/h4,7-8H,5-6,9H2,1-3H3,(H,16,19). The molecule has 0 saturated heterocycles. The molecule has 0 spiro atoms. The first kappa shape index (κ1) is 13.4. The summed E-state index contributed by atoms with van der Waals surface area (Å²) < 4.78 is 1.76. The number of rotatable bonds is 4. The number of nitrogens with zero attached hydrogens (tertiary/aromatic N) is 2. The summed E-state index contributed by atoms with van der Waals surface area (Å²) in [7, 11) is 1.87. The molecule has 0 bridgehead atoms. The second-order valence-corrected chi connectivity index (χ2v) is 6.42. The van der Waals surface area contributed by atoms with Crippen molar-refractivity contribution < 1.29 is 4.79 Å². The lowest BCUT2D eigenvalue weighted by atomic mass is 9.99. The number of carbonyl (C=O) groups excluding carboxylic acids is 1. The van der Waals surface area contributed by atoms with E-state index in [9.17, 15) is 4.79 Å². The molecule has 1 aliphatic rings. The zero-order chi connectivity index (χ0) is 14.3. The van der Waals surface area contributed by atoms with Gasteiger partial charge in [-0.3, -0.25) is 9.48 Å². The van der Waals surface area contributed by atoms with Crippen LogP contribution in [0.5, 0.6) is 0 Å². The van der Waals surface area contributed by atoms with Gasteiger partial charge >= 0.3 is 0 Å². The molecule has 4 nitrogen and oxygen atoms in total. The van der Waals surface area contributed by atoms with E-state index in [2.05, 4.69) is 27.2 Å². The molecule has 0 aromatic carbocycles. The lowest BCUT2D eigenvalue weighted by Crippen LogP contribution is -2.32. The van der Waals surface area contributed by atoms with Crippen LogP contribution in [0.3, 0.4) is 0 Å². The third-order valence-electron chi connectivity index (χ3n) is 4.31. The van der Waals surface area contributed by atoms with Gasteiger partial charge in [0.2, 0.25) is 0 Å². The highest BCUT2D eigenvalue weighted by atomic mass is 32.1. The molecule has 2 aromatic rings. The van der Waals surface area contributed by atoms with Gasteiger partial charge < -0.3 is 5.32 Å². The molecule has 0 unspecified atom stereocenters. The normalized spacial score (nSPS) is 16.1. The Balaban J connectivity index is 1.72. The Morgan fingerprint density at radius 1 is 1.50 bits per heavy atom. The molecule has 1 fully saturated rings. The van der Waals surface area contributed by atoms with E-state index in [-0.39, 0.29) is 11.3 Å². The number of hydrogen-bond acceptors (Lipinski definition) is 3. The first-order valence-corrected chi connectivity index (χ1v) is 7.79. The van der Waals surface area contributed by atoms with Crippen LogP contribution in [0.25, 0.3) is 0 Å². The Morgan fingerprint density at radius 2 is 2.25 bits per heavy atom. The number of thiophene rings is 1. The van der Waals surface area contributed by atoms with E-state index in [1.165, 1.54) is 5.56 Å². The highest BCUT2D eigenvalue weighted by Crippen LogP contribution is 2.48. The molecular formula is C15H19N3OS. The van der Waals surface area contributed by atoms with E-state index < -0.39 is 0 Å². The maximum absolute atomic E-state index is 12.4. The topological polar surface area (TPSA) is 46.9 Å². The molecule has 2 aromatic heterocycles. The van der Waals surface area contributed by atoms with Gasteiger partial charge in [0.15, 0.2) is 0 Å². The van der Waals surface area contributed by atoms with Crippen molar-refractivity contribution in [2.75, 3.05) is 6.54 Å². The van der Waals surface area contributed by atoms with Crippen LogP contribution in [-0.4, -0.2) is 22.2 Å². The fourth-order valence-corrected chi connectivity index (χ4v) is 3.50. The van der Waals surface area contributed by atoms with Crippen molar-refractivity contribution in [3.63, 3.8) is 0 Å². The maximum Gasteiger partial charge on any atom is 0.255 e. The minimum Gasteiger partial charge on any atom is -0.351 e. The highest BCUT2D eigenvalue weighted by Gasteiger charge is 2.44. The van der Waals surface area contributed by atoms with Crippen molar-refractivity contribution in [2.45, 2.75) is 32.1 Å². The van der Waals surface area contributed by atoms with Gasteiger partial charge in [0.05, 0.1) is 11.3 Å².